The molecule has 5 nitrogen and oxygen atoms in total. The zero-order valence-corrected chi connectivity index (χ0v) is 13.3. The van der Waals surface area contributed by atoms with Crippen LogP contribution in [0.15, 0.2) is 10.6 Å². The van der Waals surface area contributed by atoms with Gasteiger partial charge < -0.3 is 19.1 Å². The van der Waals surface area contributed by atoms with Gasteiger partial charge in [0.2, 0.25) is 0 Å². The number of ether oxygens (including phenoxy) is 1. The van der Waals surface area contributed by atoms with Crippen LogP contribution in [0.25, 0.3) is 0 Å². The van der Waals surface area contributed by atoms with Crippen molar-refractivity contribution in [3.63, 3.8) is 0 Å². The Kier molecular flexibility index (Phi) is 4.80. The van der Waals surface area contributed by atoms with E-state index in [9.17, 15) is 0 Å². The molecule has 0 amide bonds. The molecule has 0 unspecified atom stereocenters. The third-order valence-corrected chi connectivity index (χ3v) is 4.94. The van der Waals surface area contributed by atoms with Crippen LogP contribution in [0.1, 0.15) is 31.4 Å². The lowest BCUT2D eigenvalue weighted by Gasteiger charge is -2.37. The van der Waals surface area contributed by atoms with Crippen LogP contribution in [0.4, 0.5) is 5.82 Å². The maximum absolute atomic E-state index is 5.45. The fourth-order valence-electron chi connectivity index (χ4n) is 3.54. The molecule has 0 aliphatic carbocycles. The van der Waals surface area contributed by atoms with Gasteiger partial charge in [0.05, 0.1) is 6.10 Å². The van der Waals surface area contributed by atoms with Gasteiger partial charge in [0.25, 0.3) is 0 Å². The SMILES string of the molecule is COC1CCN(CC2CCN(c3cc(C)on3)CC2)CC1. The minimum absolute atomic E-state index is 0.485. The smallest absolute Gasteiger partial charge is 0.172 e. The number of anilines is 1. The Morgan fingerprint density at radius 1 is 1.19 bits per heavy atom. The van der Waals surface area contributed by atoms with Crippen LogP contribution in [0.5, 0.6) is 0 Å². The van der Waals surface area contributed by atoms with Gasteiger partial charge in [-0.25, -0.2) is 0 Å². The van der Waals surface area contributed by atoms with E-state index in [0.717, 1.165) is 30.6 Å². The molecular formula is C16H27N3O2. The van der Waals surface area contributed by atoms with Gasteiger partial charge in [-0.05, 0) is 38.5 Å². The molecule has 2 aliphatic heterocycles. The Morgan fingerprint density at radius 3 is 2.48 bits per heavy atom. The summed E-state index contributed by atoms with van der Waals surface area (Å²) in [6.07, 6.45) is 5.38. The first-order valence-corrected chi connectivity index (χ1v) is 8.18. The molecule has 2 saturated heterocycles. The van der Waals surface area contributed by atoms with Gasteiger partial charge in [-0.2, -0.15) is 0 Å². The standard InChI is InChI=1S/C16H27N3O2/c1-13-11-16(17-21-13)19-9-3-14(4-10-19)12-18-7-5-15(20-2)6-8-18/h11,14-15H,3-10,12H2,1-2H3. The van der Waals surface area contributed by atoms with Crippen LogP contribution in [0.3, 0.4) is 0 Å². The molecule has 0 aromatic carbocycles. The monoisotopic (exact) mass is 293 g/mol. The average molecular weight is 293 g/mol. The molecule has 118 valence electrons. The number of aromatic nitrogens is 1. The first-order chi connectivity index (χ1) is 10.2. The zero-order valence-electron chi connectivity index (χ0n) is 13.3. The predicted octanol–water partition coefficient (Wildman–Crippen LogP) is 2.31. The fraction of sp³-hybridized carbons (Fsp3) is 0.812. The molecule has 0 radical (unpaired) electrons. The van der Waals surface area contributed by atoms with E-state index >= 15 is 0 Å². The van der Waals surface area contributed by atoms with Gasteiger partial charge in [-0.1, -0.05) is 5.16 Å². The van der Waals surface area contributed by atoms with Crippen molar-refractivity contribution in [3.05, 3.63) is 11.8 Å². The third kappa shape index (κ3) is 3.77. The van der Waals surface area contributed by atoms with Crippen molar-refractivity contribution in [2.75, 3.05) is 44.7 Å². The van der Waals surface area contributed by atoms with Crippen molar-refractivity contribution in [3.8, 4) is 0 Å². The number of hydrogen-bond acceptors (Lipinski definition) is 5. The largest absolute Gasteiger partial charge is 0.381 e. The highest BCUT2D eigenvalue weighted by atomic mass is 16.5. The summed E-state index contributed by atoms with van der Waals surface area (Å²) in [4.78, 5) is 4.97. The van der Waals surface area contributed by atoms with E-state index in [-0.39, 0.29) is 0 Å². The van der Waals surface area contributed by atoms with Crippen molar-refractivity contribution in [1.29, 1.82) is 0 Å². The normalized spacial score (nSPS) is 22.9. The minimum atomic E-state index is 0.485. The second kappa shape index (κ2) is 6.79. The van der Waals surface area contributed by atoms with Gasteiger partial charge >= 0.3 is 0 Å². The van der Waals surface area contributed by atoms with Crippen molar-refractivity contribution in [2.24, 2.45) is 5.92 Å². The number of nitrogens with zero attached hydrogens (tertiary/aromatic N) is 3. The van der Waals surface area contributed by atoms with E-state index in [0.29, 0.717) is 6.10 Å². The Morgan fingerprint density at radius 2 is 1.90 bits per heavy atom. The van der Waals surface area contributed by atoms with Crippen LogP contribution >= 0.6 is 0 Å². The van der Waals surface area contributed by atoms with E-state index in [1.165, 1.54) is 45.3 Å². The maximum Gasteiger partial charge on any atom is 0.172 e. The molecule has 21 heavy (non-hydrogen) atoms. The molecule has 0 saturated carbocycles. The first-order valence-electron chi connectivity index (χ1n) is 8.18. The predicted molar refractivity (Wildman–Crippen MR) is 82.6 cm³/mol. The van der Waals surface area contributed by atoms with E-state index in [4.69, 9.17) is 9.26 Å². The highest BCUT2D eigenvalue weighted by Gasteiger charge is 2.25. The second-order valence-corrected chi connectivity index (χ2v) is 6.46. The maximum atomic E-state index is 5.45. The summed E-state index contributed by atoms with van der Waals surface area (Å²) in [6, 6.07) is 2.04. The van der Waals surface area contributed by atoms with Gasteiger partial charge in [0.1, 0.15) is 5.76 Å². The van der Waals surface area contributed by atoms with Crippen molar-refractivity contribution in [1.82, 2.24) is 10.1 Å². The number of likely N-dealkylation sites (tertiary alicyclic amines) is 1. The van der Waals surface area contributed by atoms with Crippen LogP contribution in [-0.4, -0.2) is 56.0 Å². The summed E-state index contributed by atoms with van der Waals surface area (Å²) in [5.41, 5.74) is 0. The number of hydrogen-bond donors (Lipinski definition) is 0. The van der Waals surface area contributed by atoms with E-state index in [1.807, 2.05) is 20.1 Å². The lowest BCUT2D eigenvalue weighted by atomic mass is 9.95. The number of methoxy groups -OCH3 is 1. The summed E-state index contributed by atoms with van der Waals surface area (Å²) in [5.74, 6) is 2.73. The average Bonchev–Trinajstić information content (AvgIpc) is 2.95. The molecule has 0 spiro atoms. The minimum Gasteiger partial charge on any atom is -0.381 e. The molecule has 0 N–H and O–H groups in total. The molecule has 2 fully saturated rings. The van der Waals surface area contributed by atoms with Crippen molar-refractivity contribution in [2.45, 2.75) is 38.7 Å². The second-order valence-electron chi connectivity index (χ2n) is 6.46. The molecule has 0 atom stereocenters. The zero-order chi connectivity index (χ0) is 14.7. The topological polar surface area (TPSA) is 41.7 Å². The molecule has 3 heterocycles. The molecule has 1 aromatic heterocycles. The fourth-order valence-corrected chi connectivity index (χ4v) is 3.54. The van der Waals surface area contributed by atoms with E-state index in [2.05, 4.69) is 15.0 Å². The first kappa shape index (κ1) is 14.9. The van der Waals surface area contributed by atoms with Crippen LogP contribution in [0, 0.1) is 12.8 Å². The van der Waals surface area contributed by atoms with Gasteiger partial charge in [0, 0.05) is 45.9 Å². The number of piperidine rings is 2. The summed E-state index contributed by atoms with van der Waals surface area (Å²) in [7, 11) is 1.83. The van der Waals surface area contributed by atoms with Crippen LogP contribution < -0.4 is 4.90 Å². The molecular weight excluding hydrogens is 266 g/mol. The quantitative estimate of drug-likeness (QED) is 0.852. The number of aryl methyl sites for hydroxylation is 1. The van der Waals surface area contributed by atoms with Crippen LogP contribution in [0.2, 0.25) is 0 Å². The Balaban J connectivity index is 1.42. The highest BCUT2D eigenvalue weighted by molar-refractivity contribution is 5.38. The van der Waals surface area contributed by atoms with E-state index < -0.39 is 0 Å². The van der Waals surface area contributed by atoms with E-state index in [1.54, 1.807) is 0 Å². The molecule has 3 rings (SSSR count). The van der Waals surface area contributed by atoms with Gasteiger partial charge in [-0.3, -0.25) is 0 Å². The van der Waals surface area contributed by atoms with Crippen LogP contribution in [-0.2, 0) is 4.74 Å². The Bertz CT molecular complexity index is 432. The lowest BCUT2D eigenvalue weighted by Crippen LogP contribution is -2.42. The Labute approximate surface area is 127 Å². The molecule has 2 aliphatic rings. The summed E-state index contributed by atoms with van der Waals surface area (Å²) >= 11 is 0. The van der Waals surface area contributed by atoms with Crippen molar-refractivity contribution < 1.29 is 9.26 Å². The highest BCUT2D eigenvalue weighted by Crippen LogP contribution is 2.24. The summed E-state index contributed by atoms with van der Waals surface area (Å²) in [5, 5.41) is 4.12. The lowest BCUT2D eigenvalue weighted by molar-refractivity contribution is 0.0353. The Hall–Kier alpha value is -1.07. The summed E-state index contributed by atoms with van der Waals surface area (Å²) < 4.78 is 10.6. The number of rotatable bonds is 4. The molecule has 0 bridgehead atoms. The third-order valence-electron chi connectivity index (χ3n) is 4.94. The van der Waals surface area contributed by atoms with Crippen molar-refractivity contribution >= 4 is 5.82 Å². The summed E-state index contributed by atoms with van der Waals surface area (Å²) in [6.45, 7) is 7.80. The molecule has 5 heteroatoms. The molecule has 1 aromatic rings. The van der Waals surface area contributed by atoms with Gasteiger partial charge in [0.15, 0.2) is 5.82 Å². The van der Waals surface area contributed by atoms with Gasteiger partial charge in [-0.15, -0.1) is 0 Å².